The lowest BCUT2D eigenvalue weighted by Crippen LogP contribution is -2.44. The second kappa shape index (κ2) is 8.04. The zero-order valence-electron chi connectivity index (χ0n) is 15.9. The summed E-state index contributed by atoms with van der Waals surface area (Å²) in [5.74, 6) is 0.728. The molecule has 8 heteroatoms. The molecule has 1 saturated heterocycles. The van der Waals surface area contributed by atoms with Gasteiger partial charge in [0.15, 0.2) is 10.9 Å². The summed E-state index contributed by atoms with van der Waals surface area (Å²) >= 11 is 1.52. The highest BCUT2D eigenvalue weighted by atomic mass is 32.1. The number of nitrogens with one attached hydrogen (secondary N) is 1. The van der Waals surface area contributed by atoms with E-state index >= 15 is 0 Å². The number of pyridine rings is 2. The van der Waals surface area contributed by atoms with Crippen LogP contribution in [0.2, 0.25) is 0 Å². The van der Waals surface area contributed by atoms with Crippen molar-refractivity contribution in [3.63, 3.8) is 0 Å². The maximum absolute atomic E-state index is 11.6. The Morgan fingerprint density at radius 2 is 1.86 bits per heavy atom. The largest absolute Gasteiger partial charge is 0.369 e. The van der Waals surface area contributed by atoms with E-state index in [9.17, 15) is 4.79 Å². The van der Waals surface area contributed by atoms with Crippen LogP contribution in [0.15, 0.2) is 42.9 Å². The molecule has 0 aromatic carbocycles. The molecule has 28 heavy (non-hydrogen) atoms. The predicted molar refractivity (Wildman–Crippen MR) is 113 cm³/mol. The monoisotopic (exact) mass is 394 g/mol. The summed E-state index contributed by atoms with van der Waals surface area (Å²) in [6, 6.07) is 7.79. The smallest absolute Gasteiger partial charge is 0.188 e. The van der Waals surface area contributed by atoms with Crippen LogP contribution >= 0.6 is 11.3 Å². The number of Topliss-reactive ketones (excluding diaryl/α,β-unsaturated/α-hetero) is 1. The molecule has 144 valence electrons. The number of carbonyl (C=O) groups is 1. The lowest BCUT2D eigenvalue weighted by atomic mass is 10.2. The molecule has 4 heterocycles. The molecule has 0 amide bonds. The number of hydrogen-bond donors (Lipinski definition) is 1. The highest BCUT2D eigenvalue weighted by Gasteiger charge is 2.15. The van der Waals surface area contributed by atoms with Crippen LogP contribution in [0.25, 0.3) is 10.4 Å². The number of thiazole rings is 1. The van der Waals surface area contributed by atoms with Crippen molar-refractivity contribution in [2.75, 3.05) is 43.4 Å². The predicted octanol–water partition coefficient (Wildman–Crippen LogP) is 3.30. The van der Waals surface area contributed by atoms with Crippen LogP contribution in [-0.4, -0.2) is 58.9 Å². The summed E-state index contributed by atoms with van der Waals surface area (Å²) in [5, 5.41) is 4.06. The van der Waals surface area contributed by atoms with E-state index in [0.29, 0.717) is 5.69 Å². The van der Waals surface area contributed by atoms with Crippen molar-refractivity contribution in [3.05, 3.63) is 48.5 Å². The van der Waals surface area contributed by atoms with Gasteiger partial charge in [0.1, 0.15) is 11.5 Å². The van der Waals surface area contributed by atoms with Gasteiger partial charge < -0.3 is 15.1 Å². The molecule has 4 rings (SSSR count). The first-order chi connectivity index (χ1) is 13.6. The zero-order chi connectivity index (χ0) is 19.5. The van der Waals surface area contributed by atoms with Gasteiger partial charge in [-0.05, 0) is 30.8 Å². The van der Waals surface area contributed by atoms with E-state index in [-0.39, 0.29) is 5.78 Å². The van der Waals surface area contributed by atoms with Crippen LogP contribution in [0, 0.1) is 0 Å². The lowest BCUT2D eigenvalue weighted by molar-refractivity contribution is 0.101. The molecular weight excluding hydrogens is 372 g/mol. The van der Waals surface area contributed by atoms with Crippen molar-refractivity contribution in [2.24, 2.45) is 0 Å². The van der Waals surface area contributed by atoms with Crippen LogP contribution in [0.1, 0.15) is 17.4 Å². The number of piperazine rings is 1. The van der Waals surface area contributed by atoms with E-state index in [1.165, 1.54) is 23.9 Å². The molecule has 1 N–H and O–H groups in total. The van der Waals surface area contributed by atoms with E-state index in [4.69, 9.17) is 0 Å². The molecule has 1 fully saturated rings. The zero-order valence-corrected chi connectivity index (χ0v) is 16.7. The van der Waals surface area contributed by atoms with Crippen LogP contribution in [-0.2, 0) is 0 Å². The quantitative estimate of drug-likeness (QED) is 0.666. The molecule has 0 saturated carbocycles. The molecule has 0 atom stereocenters. The number of nitrogens with zero attached hydrogens (tertiary/aromatic N) is 5. The fourth-order valence-corrected chi connectivity index (χ4v) is 3.92. The van der Waals surface area contributed by atoms with Gasteiger partial charge in [-0.3, -0.25) is 9.78 Å². The van der Waals surface area contributed by atoms with Crippen molar-refractivity contribution < 1.29 is 4.79 Å². The van der Waals surface area contributed by atoms with Crippen molar-refractivity contribution >= 4 is 33.8 Å². The average molecular weight is 395 g/mol. The SMILES string of the molecule is CC(=O)c1cc(-c2cnc(Nc3cc(N4CCN(C)CC4)ccn3)s2)ccn1. The molecule has 3 aromatic heterocycles. The first-order valence-electron chi connectivity index (χ1n) is 9.18. The van der Waals surface area contributed by atoms with Crippen LogP contribution in [0.4, 0.5) is 16.6 Å². The first kappa shape index (κ1) is 18.5. The number of ketones is 1. The third-order valence-corrected chi connectivity index (χ3v) is 5.72. The van der Waals surface area contributed by atoms with E-state index in [1.807, 2.05) is 18.3 Å². The second-order valence-corrected chi connectivity index (χ2v) is 7.86. The first-order valence-corrected chi connectivity index (χ1v) is 10.00. The van der Waals surface area contributed by atoms with Crippen LogP contribution in [0.3, 0.4) is 0 Å². The topological polar surface area (TPSA) is 74.2 Å². The summed E-state index contributed by atoms with van der Waals surface area (Å²) in [6.07, 6.45) is 5.28. The fourth-order valence-electron chi connectivity index (χ4n) is 3.10. The number of rotatable bonds is 5. The summed E-state index contributed by atoms with van der Waals surface area (Å²) in [4.78, 5) is 30.2. The third kappa shape index (κ3) is 4.18. The normalized spacial score (nSPS) is 14.9. The van der Waals surface area contributed by atoms with E-state index < -0.39 is 0 Å². The molecule has 3 aromatic rings. The Labute approximate surface area is 168 Å². The minimum atomic E-state index is -0.0466. The van der Waals surface area contributed by atoms with Gasteiger partial charge in [-0.2, -0.15) is 0 Å². The third-order valence-electron chi connectivity index (χ3n) is 4.76. The number of likely N-dealkylation sites (N-methyl/N-ethyl adjacent to an activating group) is 1. The maximum atomic E-state index is 11.6. The van der Waals surface area contributed by atoms with Gasteiger partial charge in [-0.15, -0.1) is 0 Å². The number of carbonyl (C=O) groups excluding carboxylic acids is 1. The van der Waals surface area contributed by atoms with E-state index in [2.05, 4.69) is 43.2 Å². The summed E-state index contributed by atoms with van der Waals surface area (Å²) in [6.45, 7) is 5.68. The number of hydrogen-bond acceptors (Lipinski definition) is 8. The lowest BCUT2D eigenvalue weighted by Gasteiger charge is -2.34. The highest BCUT2D eigenvalue weighted by Crippen LogP contribution is 2.31. The second-order valence-electron chi connectivity index (χ2n) is 6.83. The van der Waals surface area contributed by atoms with Crippen molar-refractivity contribution in [1.29, 1.82) is 0 Å². The molecule has 1 aliphatic heterocycles. The highest BCUT2D eigenvalue weighted by molar-refractivity contribution is 7.18. The van der Waals surface area contributed by atoms with Gasteiger partial charge in [0, 0.05) is 63.4 Å². The molecule has 0 radical (unpaired) electrons. The summed E-state index contributed by atoms with van der Waals surface area (Å²) in [7, 11) is 2.15. The maximum Gasteiger partial charge on any atom is 0.188 e. The summed E-state index contributed by atoms with van der Waals surface area (Å²) in [5.41, 5.74) is 2.56. The van der Waals surface area contributed by atoms with Crippen molar-refractivity contribution in [3.8, 4) is 10.4 Å². The number of aromatic nitrogens is 3. The van der Waals surface area contributed by atoms with E-state index in [0.717, 1.165) is 47.6 Å². The number of anilines is 3. The Bertz CT molecular complexity index is 980. The Morgan fingerprint density at radius 1 is 1.07 bits per heavy atom. The van der Waals surface area contributed by atoms with Crippen LogP contribution < -0.4 is 10.2 Å². The fraction of sp³-hybridized carbons (Fsp3) is 0.300. The van der Waals surface area contributed by atoms with Crippen LogP contribution in [0.5, 0.6) is 0 Å². The molecule has 7 nitrogen and oxygen atoms in total. The van der Waals surface area contributed by atoms with Gasteiger partial charge in [0.05, 0.1) is 4.88 Å². The molecule has 1 aliphatic rings. The Hall–Kier alpha value is -2.84. The van der Waals surface area contributed by atoms with E-state index in [1.54, 1.807) is 18.5 Å². The van der Waals surface area contributed by atoms with Crippen molar-refractivity contribution in [2.45, 2.75) is 6.92 Å². The van der Waals surface area contributed by atoms with Gasteiger partial charge in [-0.25, -0.2) is 9.97 Å². The minimum Gasteiger partial charge on any atom is -0.369 e. The average Bonchev–Trinajstić information content (AvgIpc) is 3.17. The summed E-state index contributed by atoms with van der Waals surface area (Å²) < 4.78 is 0. The van der Waals surface area contributed by atoms with Gasteiger partial charge in [0.25, 0.3) is 0 Å². The van der Waals surface area contributed by atoms with Crippen molar-refractivity contribution in [1.82, 2.24) is 19.9 Å². The standard InChI is InChI=1S/C20H22N6OS/c1-14(27)17-11-15(3-5-21-17)18-13-23-20(28-18)24-19-12-16(4-6-22-19)26-9-7-25(2)8-10-26/h3-6,11-13H,7-10H2,1-2H3,(H,22,23,24). The Balaban J connectivity index is 1.49. The minimum absolute atomic E-state index is 0.0466. The molecule has 0 aliphatic carbocycles. The molecule has 0 bridgehead atoms. The Kier molecular flexibility index (Phi) is 5.31. The molecule has 0 spiro atoms. The Morgan fingerprint density at radius 3 is 2.64 bits per heavy atom. The molecular formula is C20H22N6OS. The molecule has 0 unspecified atom stereocenters. The van der Waals surface area contributed by atoms with Gasteiger partial charge in [-0.1, -0.05) is 11.3 Å². The van der Waals surface area contributed by atoms with Gasteiger partial charge >= 0.3 is 0 Å². The van der Waals surface area contributed by atoms with Gasteiger partial charge in [0.2, 0.25) is 0 Å².